The van der Waals surface area contributed by atoms with E-state index >= 15 is 0 Å². The van der Waals surface area contributed by atoms with E-state index < -0.39 is 22.9 Å². The molecule has 2 heterocycles. The fraction of sp³-hybridized carbons (Fsp3) is 0.571. The Kier molecular flexibility index (Phi) is 5.32. The molecule has 9 heteroatoms. The molecule has 3 N–H and O–H groups in total. The molecule has 23 heavy (non-hydrogen) atoms. The van der Waals surface area contributed by atoms with Crippen molar-refractivity contribution in [3.05, 3.63) is 32.1 Å². The van der Waals surface area contributed by atoms with Gasteiger partial charge in [-0.2, -0.15) is 0 Å². The molecule has 0 aliphatic carbocycles. The highest BCUT2D eigenvalue weighted by molar-refractivity contribution is 5.84. The summed E-state index contributed by atoms with van der Waals surface area (Å²) in [4.78, 5) is 51.0. The van der Waals surface area contributed by atoms with Gasteiger partial charge in [-0.1, -0.05) is 0 Å². The number of hydrogen-bond donors (Lipinski definition) is 3. The van der Waals surface area contributed by atoms with Crippen LogP contribution in [0.1, 0.15) is 35.8 Å². The number of carboxylic acids is 1. The van der Waals surface area contributed by atoms with E-state index in [9.17, 15) is 24.3 Å². The van der Waals surface area contributed by atoms with Gasteiger partial charge in [0.1, 0.15) is 12.5 Å². The molecule has 1 aromatic heterocycles. The van der Waals surface area contributed by atoms with E-state index in [-0.39, 0.29) is 24.0 Å². The molecule has 0 spiro atoms. The lowest BCUT2D eigenvalue weighted by Gasteiger charge is -2.28. The Labute approximate surface area is 131 Å². The quantitative estimate of drug-likeness (QED) is 0.487. The smallest absolute Gasteiger partial charge is 0.326 e. The zero-order valence-electron chi connectivity index (χ0n) is 12.8. The second-order valence-corrected chi connectivity index (χ2v) is 5.52. The van der Waals surface area contributed by atoms with Gasteiger partial charge < -0.3 is 24.5 Å². The summed E-state index contributed by atoms with van der Waals surface area (Å²) in [7, 11) is 0. The number of rotatable bonds is 5. The maximum Gasteiger partial charge on any atom is 0.326 e. The van der Waals surface area contributed by atoms with Gasteiger partial charge in [0.05, 0.1) is 36.9 Å². The zero-order chi connectivity index (χ0) is 17.0. The highest BCUT2D eigenvalue weighted by atomic mass is 16.5. The Hall–Kier alpha value is -2.42. The number of hydrogen-bond acceptors (Lipinski definition) is 6. The van der Waals surface area contributed by atoms with Crippen molar-refractivity contribution < 1.29 is 24.3 Å². The number of aromatic carboxylic acids is 1. The van der Waals surface area contributed by atoms with Gasteiger partial charge in [-0.25, -0.2) is 4.79 Å². The van der Waals surface area contributed by atoms with Crippen molar-refractivity contribution in [2.75, 3.05) is 19.7 Å². The molecule has 0 amide bonds. The van der Waals surface area contributed by atoms with Crippen molar-refractivity contribution in [1.29, 1.82) is 0 Å². The van der Waals surface area contributed by atoms with Crippen molar-refractivity contribution in [3.63, 3.8) is 0 Å². The van der Waals surface area contributed by atoms with Crippen LogP contribution in [0.4, 0.5) is 0 Å². The van der Waals surface area contributed by atoms with E-state index in [1.54, 1.807) is 6.92 Å². The number of esters is 1. The fourth-order valence-electron chi connectivity index (χ4n) is 2.88. The van der Waals surface area contributed by atoms with Crippen molar-refractivity contribution in [2.45, 2.75) is 26.3 Å². The number of quaternary nitrogens is 1. The molecular weight excluding hydrogens is 306 g/mol. The standard InChI is InChI=1S/C14H19N3O6/c1-2-23-13(21)8-4-3-5-17(6-8)7-9-10(12(19)20)15-14(22)16-11(9)18/h8H,2-7H2,1H3,(H,19,20)(H2,15,16,18,22)/t8-/m1/s1. The third-order valence-corrected chi connectivity index (χ3v) is 3.91. The van der Waals surface area contributed by atoms with E-state index in [0.717, 1.165) is 11.3 Å². The number of carboxylic acid groups (broad SMARTS) is 1. The van der Waals surface area contributed by atoms with Crippen LogP contribution in [0.25, 0.3) is 0 Å². The van der Waals surface area contributed by atoms with Crippen molar-refractivity contribution in [3.8, 4) is 0 Å². The number of ether oxygens (including phenoxy) is 1. The molecule has 1 unspecified atom stereocenters. The largest absolute Gasteiger partial charge is 0.543 e. The van der Waals surface area contributed by atoms with Crippen LogP contribution >= 0.6 is 0 Å². The number of nitrogens with one attached hydrogen (secondary N) is 3. The molecule has 1 aliphatic heterocycles. The predicted molar refractivity (Wildman–Crippen MR) is 75.8 cm³/mol. The van der Waals surface area contributed by atoms with Gasteiger partial charge in [0.25, 0.3) is 5.56 Å². The number of carbonyl (C=O) groups excluding carboxylic acids is 2. The first kappa shape index (κ1) is 16.9. The van der Waals surface area contributed by atoms with Crippen LogP contribution in [0, 0.1) is 5.92 Å². The van der Waals surface area contributed by atoms with Crippen LogP contribution in [-0.2, 0) is 16.1 Å². The molecule has 0 radical (unpaired) electrons. The highest BCUT2D eigenvalue weighted by Gasteiger charge is 2.30. The minimum Gasteiger partial charge on any atom is -0.543 e. The van der Waals surface area contributed by atoms with Gasteiger partial charge >= 0.3 is 11.7 Å². The van der Waals surface area contributed by atoms with E-state index in [1.807, 2.05) is 4.98 Å². The van der Waals surface area contributed by atoms with Gasteiger partial charge in [0.15, 0.2) is 0 Å². The van der Waals surface area contributed by atoms with Crippen molar-refractivity contribution in [1.82, 2.24) is 9.97 Å². The first-order chi connectivity index (χ1) is 10.9. The molecular formula is C14H19N3O6. The second-order valence-electron chi connectivity index (χ2n) is 5.52. The summed E-state index contributed by atoms with van der Waals surface area (Å²) in [6.45, 7) is 3.27. The number of likely N-dealkylation sites (tertiary alicyclic amines) is 1. The number of piperidine rings is 1. The summed E-state index contributed by atoms with van der Waals surface area (Å²) in [5.74, 6) is -2.16. The normalized spacial score (nSPS) is 20.9. The number of H-pyrrole nitrogens is 2. The molecule has 0 saturated carbocycles. The Morgan fingerprint density at radius 1 is 1.35 bits per heavy atom. The molecule has 2 atom stereocenters. The minimum atomic E-state index is -1.61. The number of aromatic nitrogens is 2. The molecule has 1 aromatic rings. The van der Waals surface area contributed by atoms with E-state index in [1.165, 1.54) is 0 Å². The van der Waals surface area contributed by atoms with Gasteiger partial charge in [-0.3, -0.25) is 14.6 Å². The fourth-order valence-corrected chi connectivity index (χ4v) is 2.88. The number of aromatic amines is 2. The summed E-state index contributed by atoms with van der Waals surface area (Å²) in [5.41, 5.74) is -2.21. The molecule has 126 valence electrons. The Bertz CT molecular complexity index is 707. The van der Waals surface area contributed by atoms with Gasteiger partial charge in [-0.05, 0) is 19.8 Å². The lowest BCUT2D eigenvalue weighted by Crippen LogP contribution is -3.12. The zero-order valence-corrected chi connectivity index (χ0v) is 12.8. The number of carbonyl (C=O) groups is 2. The molecule has 2 rings (SSSR count). The Balaban J connectivity index is 2.19. The van der Waals surface area contributed by atoms with Crippen LogP contribution in [0.15, 0.2) is 9.59 Å². The highest BCUT2D eigenvalue weighted by Crippen LogP contribution is 2.10. The van der Waals surface area contributed by atoms with Crippen molar-refractivity contribution in [2.24, 2.45) is 5.92 Å². The average molecular weight is 325 g/mol. The molecule has 1 fully saturated rings. The third kappa shape index (κ3) is 4.07. The topological polar surface area (TPSA) is 137 Å². The van der Waals surface area contributed by atoms with Crippen LogP contribution in [-0.4, -0.2) is 41.6 Å². The lowest BCUT2D eigenvalue weighted by molar-refractivity contribution is -0.921. The minimum absolute atomic E-state index is 0.0518. The molecule has 1 saturated heterocycles. The SMILES string of the molecule is CCOC(=O)[C@@H]1CCC[NH+](Cc2c(C(=O)[O-])[nH]c(=O)[nH]c2=O)C1. The summed E-state index contributed by atoms with van der Waals surface area (Å²) in [6, 6.07) is 0. The maximum atomic E-state index is 11.9. The Morgan fingerprint density at radius 3 is 2.74 bits per heavy atom. The van der Waals surface area contributed by atoms with E-state index in [4.69, 9.17) is 4.74 Å². The summed E-state index contributed by atoms with van der Waals surface area (Å²) in [6.07, 6.45) is 1.47. The summed E-state index contributed by atoms with van der Waals surface area (Å²) >= 11 is 0. The molecule has 0 aromatic carbocycles. The monoisotopic (exact) mass is 325 g/mol. The Morgan fingerprint density at radius 2 is 2.09 bits per heavy atom. The van der Waals surface area contributed by atoms with E-state index in [0.29, 0.717) is 26.1 Å². The van der Waals surface area contributed by atoms with E-state index in [2.05, 4.69) is 4.98 Å². The molecule has 9 nitrogen and oxygen atoms in total. The average Bonchev–Trinajstić information content (AvgIpc) is 2.50. The second kappa shape index (κ2) is 7.23. The summed E-state index contributed by atoms with van der Waals surface area (Å²) < 4.78 is 5.01. The predicted octanol–water partition coefficient (Wildman–Crippen LogP) is -3.22. The first-order valence-electron chi connectivity index (χ1n) is 7.49. The maximum absolute atomic E-state index is 11.9. The molecule has 0 bridgehead atoms. The molecule has 1 aliphatic rings. The van der Waals surface area contributed by atoms with Gasteiger partial charge in [-0.15, -0.1) is 0 Å². The van der Waals surface area contributed by atoms with Gasteiger partial charge in [0.2, 0.25) is 0 Å². The van der Waals surface area contributed by atoms with Gasteiger partial charge in [0, 0.05) is 0 Å². The first-order valence-corrected chi connectivity index (χ1v) is 7.49. The van der Waals surface area contributed by atoms with Crippen LogP contribution in [0.2, 0.25) is 0 Å². The summed E-state index contributed by atoms with van der Waals surface area (Å²) in [5, 5.41) is 11.1. The van der Waals surface area contributed by atoms with Crippen LogP contribution in [0.5, 0.6) is 0 Å². The van der Waals surface area contributed by atoms with Crippen molar-refractivity contribution >= 4 is 11.9 Å². The third-order valence-electron chi connectivity index (χ3n) is 3.91. The van der Waals surface area contributed by atoms with Crippen LogP contribution in [0.3, 0.4) is 0 Å². The lowest BCUT2D eigenvalue weighted by atomic mass is 9.97. The van der Waals surface area contributed by atoms with Crippen LogP contribution < -0.4 is 21.3 Å².